The average molecular weight is 288 g/mol. The Morgan fingerprint density at radius 3 is 2.81 bits per heavy atom. The second-order valence-electron chi connectivity index (χ2n) is 4.24. The smallest absolute Gasteiger partial charge is 0.269 e. The lowest BCUT2D eigenvalue weighted by atomic mass is 10.3. The van der Waals surface area contributed by atoms with Crippen LogP contribution in [0.1, 0.15) is 0 Å². The number of nitrogens with one attached hydrogen (secondary N) is 2. The van der Waals surface area contributed by atoms with Crippen molar-refractivity contribution in [2.45, 2.75) is 6.54 Å². The fourth-order valence-electron chi connectivity index (χ4n) is 1.76. The Bertz CT molecular complexity index is 697. The molecule has 0 saturated heterocycles. The van der Waals surface area contributed by atoms with Crippen molar-refractivity contribution in [1.82, 2.24) is 9.78 Å². The van der Waals surface area contributed by atoms with Crippen LogP contribution in [0.3, 0.4) is 0 Å². The van der Waals surface area contributed by atoms with Crippen molar-refractivity contribution >= 4 is 17.3 Å². The number of para-hydroxylation sites is 2. The van der Waals surface area contributed by atoms with Gasteiger partial charge in [0.25, 0.3) is 5.56 Å². The summed E-state index contributed by atoms with van der Waals surface area (Å²) in [6.07, 6.45) is 1.48. The Hall–Kier alpha value is -2.83. The van der Waals surface area contributed by atoms with Crippen molar-refractivity contribution < 1.29 is 9.53 Å². The van der Waals surface area contributed by atoms with Crippen LogP contribution in [0.15, 0.2) is 41.3 Å². The number of aromatic nitrogens is 2. The predicted octanol–water partition coefficient (Wildman–Crippen LogP) is 0.932. The number of hydrogen-bond acceptors (Lipinski definition) is 5. The summed E-state index contributed by atoms with van der Waals surface area (Å²) in [4.78, 5) is 23.7. The first-order valence-electron chi connectivity index (χ1n) is 6.32. The number of methoxy groups -OCH3 is 1. The molecule has 7 heteroatoms. The van der Waals surface area contributed by atoms with Crippen LogP contribution in [0.2, 0.25) is 0 Å². The highest BCUT2D eigenvalue weighted by atomic mass is 16.5. The Kier molecular flexibility index (Phi) is 4.55. The molecular formula is C14H16N4O3. The molecule has 0 aliphatic carbocycles. The topological polar surface area (TPSA) is 85.2 Å². The highest BCUT2D eigenvalue weighted by Gasteiger charge is 2.09. The number of anilines is 2. The van der Waals surface area contributed by atoms with Crippen LogP contribution in [-0.2, 0) is 11.3 Å². The first kappa shape index (κ1) is 14.6. The molecule has 0 saturated carbocycles. The van der Waals surface area contributed by atoms with Crippen molar-refractivity contribution in [3.63, 3.8) is 0 Å². The van der Waals surface area contributed by atoms with E-state index < -0.39 is 0 Å². The van der Waals surface area contributed by atoms with E-state index >= 15 is 0 Å². The second-order valence-corrected chi connectivity index (χ2v) is 4.24. The van der Waals surface area contributed by atoms with Gasteiger partial charge in [0.05, 0.1) is 24.7 Å². The molecule has 0 radical (unpaired) electrons. The summed E-state index contributed by atoms with van der Waals surface area (Å²) in [6.45, 7) is -0.166. The zero-order valence-corrected chi connectivity index (χ0v) is 11.8. The van der Waals surface area contributed by atoms with Gasteiger partial charge in [-0.25, -0.2) is 4.68 Å². The van der Waals surface area contributed by atoms with Crippen molar-refractivity contribution in [2.24, 2.45) is 0 Å². The zero-order chi connectivity index (χ0) is 15.2. The van der Waals surface area contributed by atoms with E-state index in [9.17, 15) is 9.59 Å². The molecule has 2 rings (SSSR count). The number of amides is 1. The molecule has 0 aliphatic heterocycles. The van der Waals surface area contributed by atoms with E-state index in [1.165, 1.54) is 19.4 Å². The first-order valence-corrected chi connectivity index (χ1v) is 6.32. The summed E-state index contributed by atoms with van der Waals surface area (Å²) in [5, 5.41) is 9.42. The first-order chi connectivity index (χ1) is 10.1. The van der Waals surface area contributed by atoms with Crippen LogP contribution in [-0.4, -0.2) is 29.8 Å². The van der Waals surface area contributed by atoms with Crippen LogP contribution < -0.4 is 20.9 Å². The van der Waals surface area contributed by atoms with Crippen molar-refractivity contribution in [2.75, 3.05) is 24.8 Å². The molecule has 21 heavy (non-hydrogen) atoms. The molecule has 0 aliphatic rings. The maximum Gasteiger partial charge on any atom is 0.269 e. The van der Waals surface area contributed by atoms with Crippen LogP contribution in [0.4, 0.5) is 11.4 Å². The minimum atomic E-state index is -0.355. The molecule has 0 atom stereocenters. The molecule has 0 fully saturated rings. The number of hydrogen-bond donors (Lipinski definition) is 2. The highest BCUT2D eigenvalue weighted by Crippen LogP contribution is 2.22. The lowest BCUT2D eigenvalue weighted by Gasteiger charge is -2.10. The quantitative estimate of drug-likeness (QED) is 0.855. The lowest BCUT2D eigenvalue weighted by Crippen LogP contribution is -2.29. The van der Waals surface area contributed by atoms with E-state index in [1.807, 2.05) is 0 Å². The van der Waals surface area contributed by atoms with E-state index in [0.29, 0.717) is 17.1 Å². The lowest BCUT2D eigenvalue weighted by molar-refractivity contribution is -0.117. The van der Waals surface area contributed by atoms with Gasteiger partial charge in [-0.2, -0.15) is 5.10 Å². The number of carbonyl (C=O) groups is 1. The van der Waals surface area contributed by atoms with Gasteiger partial charge in [-0.1, -0.05) is 12.1 Å². The molecular weight excluding hydrogens is 272 g/mol. The maximum absolute atomic E-state index is 12.0. The van der Waals surface area contributed by atoms with Crippen LogP contribution in [0.5, 0.6) is 5.75 Å². The summed E-state index contributed by atoms with van der Waals surface area (Å²) in [6, 6.07) is 8.42. The minimum absolute atomic E-state index is 0.166. The normalized spacial score (nSPS) is 10.0. The van der Waals surface area contributed by atoms with Gasteiger partial charge in [-0.05, 0) is 12.1 Å². The van der Waals surface area contributed by atoms with E-state index in [4.69, 9.17) is 4.74 Å². The Balaban J connectivity index is 2.10. The third-order valence-electron chi connectivity index (χ3n) is 2.83. The Morgan fingerprint density at radius 2 is 2.14 bits per heavy atom. The van der Waals surface area contributed by atoms with Gasteiger partial charge in [0.15, 0.2) is 0 Å². The fourth-order valence-corrected chi connectivity index (χ4v) is 1.76. The molecule has 0 spiro atoms. The standard InChI is InChI=1S/C14H16N4O3/c1-15-10-7-14(20)18(16-8-10)9-13(19)17-11-5-3-4-6-12(11)21-2/h3-8,15H,9H2,1-2H3,(H,17,19). The molecule has 1 aromatic carbocycles. The van der Waals surface area contributed by atoms with Gasteiger partial charge in [0.1, 0.15) is 12.3 Å². The number of ether oxygens (including phenoxy) is 1. The third kappa shape index (κ3) is 3.59. The summed E-state index contributed by atoms with van der Waals surface area (Å²) in [5.74, 6) is 0.197. The Morgan fingerprint density at radius 1 is 1.38 bits per heavy atom. The molecule has 1 heterocycles. The molecule has 2 aromatic rings. The number of nitrogens with zero attached hydrogens (tertiary/aromatic N) is 2. The zero-order valence-electron chi connectivity index (χ0n) is 11.8. The van der Waals surface area contributed by atoms with Crippen molar-refractivity contribution in [3.05, 3.63) is 46.9 Å². The minimum Gasteiger partial charge on any atom is -0.495 e. The molecule has 1 aromatic heterocycles. The molecule has 2 N–H and O–H groups in total. The van der Waals surface area contributed by atoms with Crippen LogP contribution in [0, 0.1) is 0 Å². The van der Waals surface area contributed by atoms with E-state index in [0.717, 1.165) is 4.68 Å². The summed E-state index contributed by atoms with van der Waals surface area (Å²) < 4.78 is 6.23. The van der Waals surface area contributed by atoms with E-state index in [1.54, 1.807) is 31.3 Å². The highest BCUT2D eigenvalue weighted by molar-refractivity contribution is 5.92. The van der Waals surface area contributed by atoms with E-state index in [2.05, 4.69) is 15.7 Å². The Labute approximate surface area is 121 Å². The van der Waals surface area contributed by atoms with Gasteiger partial charge < -0.3 is 15.4 Å². The number of rotatable bonds is 5. The monoisotopic (exact) mass is 288 g/mol. The van der Waals surface area contributed by atoms with Crippen LogP contribution >= 0.6 is 0 Å². The van der Waals surface area contributed by atoms with Gasteiger partial charge in [-0.15, -0.1) is 0 Å². The second kappa shape index (κ2) is 6.56. The van der Waals surface area contributed by atoms with Crippen molar-refractivity contribution in [3.8, 4) is 5.75 Å². The third-order valence-corrected chi connectivity index (χ3v) is 2.83. The summed E-state index contributed by atoms with van der Waals surface area (Å²) in [7, 11) is 3.21. The predicted molar refractivity (Wildman–Crippen MR) is 79.7 cm³/mol. The molecule has 1 amide bonds. The van der Waals surface area contributed by atoms with Gasteiger partial charge in [0.2, 0.25) is 5.91 Å². The van der Waals surface area contributed by atoms with Crippen LogP contribution in [0.25, 0.3) is 0 Å². The number of benzene rings is 1. The van der Waals surface area contributed by atoms with Gasteiger partial charge >= 0.3 is 0 Å². The summed E-state index contributed by atoms with van der Waals surface area (Å²) in [5.41, 5.74) is 0.795. The maximum atomic E-state index is 12.0. The van der Waals surface area contributed by atoms with Gasteiger partial charge in [0, 0.05) is 13.1 Å². The molecule has 0 unspecified atom stereocenters. The average Bonchev–Trinajstić information content (AvgIpc) is 2.49. The molecule has 110 valence electrons. The fraction of sp³-hybridized carbons (Fsp3) is 0.214. The van der Waals surface area contributed by atoms with E-state index in [-0.39, 0.29) is 18.0 Å². The van der Waals surface area contributed by atoms with Crippen molar-refractivity contribution in [1.29, 1.82) is 0 Å². The summed E-state index contributed by atoms with van der Waals surface area (Å²) >= 11 is 0. The SMILES string of the molecule is CNc1cnn(CC(=O)Nc2ccccc2OC)c(=O)c1. The largest absolute Gasteiger partial charge is 0.495 e. The number of carbonyl (C=O) groups excluding carboxylic acids is 1. The molecule has 0 bridgehead atoms. The molecule has 7 nitrogen and oxygen atoms in total. The van der Waals surface area contributed by atoms with Gasteiger partial charge in [-0.3, -0.25) is 9.59 Å².